The van der Waals surface area contributed by atoms with E-state index in [0.29, 0.717) is 12.4 Å². The lowest BCUT2D eigenvalue weighted by Gasteiger charge is -2.09. The summed E-state index contributed by atoms with van der Waals surface area (Å²) < 4.78 is 5.30. The Morgan fingerprint density at radius 1 is 1.46 bits per heavy atom. The van der Waals surface area contributed by atoms with Gasteiger partial charge in [-0.15, -0.1) is 0 Å². The molecule has 0 aromatic heterocycles. The second-order valence-corrected chi connectivity index (χ2v) is 2.66. The van der Waals surface area contributed by atoms with Gasteiger partial charge < -0.3 is 4.74 Å². The molecule has 72 valence electrons. The monoisotopic (exact) mass is 178 g/mol. The van der Waals surface area contributed by atoms with Crippen molar-refractivity contribution in [3.63, 3.8) is 0 Å². The lowest BCUT2D eigenvalue weighted by molar-refractivity contribution is 0.240. The molecule has 0 bridgehead atoms. The van der Waals surface area contributed by atoms with Crippen molar-refractivity contribution in [3.8, 4) is 0 Å². The normalized spacial score (nSPS) is 12.5. The molecule has 1 heteroatoms. The van der Waals surface area contributed by atoms with E-state index in [-0.39, 0.29) is 0 Å². The van der Waals surface area contributed by atoms with E-state index in [9.17, 15) is 0 Å². The predicted molar refractivity (Wildman–Crippen MR) is 58.5 cm³/mol. The van der Waals surface area contributed by atoms with Crippen LogP contribution >= 0.6 is 0 Å². The smallest absolute Gasteiger partial charge is 0.119 e. The zero-order chi connectivity index (χ0) is 10.3. The van der Waals surface area contributed by atoms with Crippen molar-refractivity contribution in [1.29, 1.82) is 0 Å². The Morgan fingerprint density at radius 3 is 2.46 bits per heavy atom. The van der Waals surface area contributed by atoms with E-state index in [4.69, 9.17) is 4.74 Å². The van der Waals surface area contributed by atoms with E-state index >= 15 is 0 Å². The Kier molecular flexibility index (Phi) is 5.69. The second kappa shape index (κ2) is 6.30. The summed E-state index contributed by atoms with van der Waals surface area (Å²) in [6, 6.07) is 0. The van der Waals surface area contributed by atoms with Gasteiger partial charge in [-0.3, -0.25) is 0 Å². The van der Waals surface area contributed by atoms with Crippen LogP contribution in [0.2, 0.25) is 0 Å². The third-order valence-corrected chi connectivity index (χ3v) is 1.66. The summed E-state index contributed by atoms with van der Waals surface area (Å²) in [5, 5.41) is 0. The zero-order valence-electron chi connectivity index (χ0n) is 8.76. The highest BCUT2D eigenvalue weighted by atomic mass is 16.5. The average Bonchev–Trinajstić information content (AvgIpc) is 2.06. The van der Waals surface area contributed by atoms with Gasteiger partial charge in [-0.1, -0.05) is 31.4 Å². The van der Waals surface area contributed by atoms with E-state index in [2.05, 4.69) is 13.2 Å². The Bertz CT molecular complexity index is 244. The van der Waals surface area contributed by atoms with Crippen LogP contribution in [0.5, 0.6) is 0 Å². The van der Waals surface area contributed by atoms with Gasteiger partial charge in [-0.05, 0) is 26.3 Å². The molecule has 0 aliphatic heterocycles. The SMILES string of the molecule is C=C/C(C(=C)OCC)=C(C)\C=C/C. The first kappa shape index (κ1) is 11.8. The van der Waals surface area contributed by atoms with Gasteiger partial charge in [0.15, 0.2) is 0 Å². The Balaban J connectivity index is 4.76. The number of allylic oxidation sites excluding steroid dienone is 4. The van der Waals surface area contributed by atoms with E-state index in [0.717, 1.165) is 11.1 Å². The summed E-state index contributed by atoms with van der Waals surface area (Å²) in [5.74, 6) is 0.688. The Morgan fingerprint density at radius 2 is 2.08 bits per heavy atom. The van der Waals surface area contributed by atoms with Crippen molar-refractivity contribution in [2.45, 2.75) is 20.8 Å². The van der Waals surface area contributed by atoms with Gasteiger partial charge in [0.25, 0.3) is 0 Å². The van der Waals surface area contributed by atoms with E-state index in [1.807, 2.05) is 32.9 Å². The molecule has 0 amide bonds. The third-order valence-electron chi connectivity index (χ3n) is 1.66. The molecule has 0 spiro atoms. The number of rotatable bonds is 5. The molecule has 0 heterocycles. The quantitative estimate of drug-likeness (QED) is 0.461. The van der Waals surface area contributed by atoms with Gasteiger partial charge in [0.2, 0.25) is 0 Å². The van der Waals surface area contributed by atoms with E-state index in [1.54, 1.807) is 6.08 Å². The standard InChI is InChI=1S/C12H18O/c1-6-9-10(4)12(7-2)11(5)13-8-3/h6-7,9H,2,5,8H2,1,3-4H3/b9-6-,12-10+. The predicted octanol–water partition coefficient (Wildman–Crippen LogP) is 3.62. The molecular formula is C12H18O. The summed E-state index contributed by atoms with van der Waals surface area (Å²) >= 11 is 0. The minimum Gasteiger partial charge on any atom is -0.494 e. The molecule has 0 N–H and O–H groups in total. The molecule has 1 nitrogen and oxygen atoms in total. The minimum absolute atomic E-state index is 0.638. The minimum atomic E-state index is 0.638. The molecular weight excluding hydrogens is 160 g/mol. The topological polar surface area (TPSA) is 9.23 Å². The molecule has 0 aromatic carbocycles. The second-order valence-electron chi connectivity index (χ2n) is 2.66. The summed E-state index contributed by atoms with van der Waals surface area (Å²) in [5.41, 5.74) is 2.09. The van der Waals surface area contributed by atoms with Crippen molar-refractivity contribution in [2.75, 3.05) is 6.61 Å². The van der Waals surface area contributed by atoms with Gasteiger partial charge in [0.1, 0.15) is 5.76 Å². The number of hydrogen-bond acceptors (Lipinski definition) is 1. The maximum Gasteiger partial charge on any atom is 0.119 e. The number of ether oxygens (including phenoxy) is 1. The van der Waals surface area contributed by atoms with E-state index < -0.39 is 0 Å². The Labute approximate surface area is 81.1 Å². The summed E-state index contributed by atoms with van der Waals surface area (Å²) in [6.45, 7) is 14.1. The van der Waals surface area contributed by atoms with Crippen molar-refractivity contribution >= 4 is 0 Å². The van der Waals surface area contributed by atoms with Gasteiger partial charge in [-0.25, -0.2) is 0 Å². The molecule has 0 aliphatic rings. The van der Waals surface area contributed by atoms with Crippen LogP contribution in [0.15, 0.2) is 48.3 Å². The molecule has 0 rings (SSSR count). The van der Waals surface area contributed by atoms with Crippen LogP contribution in [0.3, 0.4) is 0 Å². The van der Waals surface area contributed by atoms with Crippen molar-refractivity contribution in [1.82, 2.24) is 0 Å². The molecule has 0 fully saturated rings. The Hall–Kier alpha value is -1.24. The molecule has 0 unspecified atom stereocenters. The van der Waals surface area contributed by atoms with Crippen LogP contribution in [-0.4, -0.2) is 6.61 Å². The molecule has 0 saturated heterocycles. The van der Waals surface area contributed by atoms with Crippen LogP contribution in [0.25, 0.3) is 0 Å². The van der Waals surface area contributed by atoms with Gasteiger partial charge >= 0.3 is 0 Å². The summed E-state index contributed by atoms with van der Waals surface area (Å²) in [4.78, 5) is 0. The zero-order valence-corrected chi connectivity index (χ0v) is 8.76. The molecule has 13 heavy (non-hydrogen) atoms. The summed E-state index contributed by atoms with van der Waals surface area (Å²) in [7, 11) is 0. The van der Waals surface area contributed by atoms with Crippen LogP contribution in [-0.2, 0) is 4.74 Å². The van der Waals surface area contributed by atoms with Gasteiger partial charge in [-0.2, -0.15) is 0 Å². The first-order valence-electron chi connectivity index (χ1n) is 4.45. The molecule has 0 aliphatic carbocycles. The largest absolute Gasteiger partial charge is 0.494 e. The first-order chi connectivity index (χ1) is 6.17. The maximum atomic E-state index is 5.30. The highest BCUT2D eigenvalue weighted by Crippen LogP contribution is 2.16. The van der Waals surface area contributed by atoms with E-state index in [1.165, 1.54) is 0 Å². The lowest BCUT2D eigenvalue weighted by atomic mass is 10.1. The van der Waals surface area contributed by atoms with Crippen LogP contribution < -0.4 is 0 Å². The highest BCUT2D eigenvalue weighted by molar-refractivity contribution is 5.41. The van der Waals surface area contributed by atoms with Crippen molar-refractivity contribution < 1.29 is 4.74 Å². The number of hydrogen-bond donors (Lipinski definition) is 0. The first-order valence-corrected chi connectivity index (χ1v) is 4.45. The lowest BCUT2D eigenvalue weighted by Crippen LogP contribution is -1.94. The van der Waals surface area contributed by atoms with Crippen LogP contribution in [0, 0.1) is 0 Å². The van der Waals surface area contributed by atoms with Crippen molar-refractivity contribution in [2.24, 2.45) is 0 Å². The fourth-order valence-electron chi connectivity index (χ4n) is 1.09. The molecule has 0 radical (unpaired) electrons. The average molecular weight is 178 g/mol. The van der Waals surface area contributed by atoms with Gasteiger partial charge in [0.05, 0.1) is 6.61 Å². The van der Waals surface area contributed by atoms with Crippen LogP contribution in [0.1, 0.15) is 20.8 Å². The molecule has 0 saturated carbocycles. The fraction of sp³-hybridized carbons (Fsp3) is 0.333. The van der Waals surface area contributed by atoms with Crippen LogP contribution in [0.4, 0.5) is 0 Å². The maximum absolute atomic E-state index is 5.30. The molecule has 0 atom stereocenters. The van der Waals surface area contributed by atoms with Gasteiger partial charge in [0, 0.05) is 5.57 Å². The highest BCUT2D eigenvalue weighted by Gasteiger charge is 2.01. The van der Waals surface area contributed by atoms with Crippen molar-refractivity contribution in [3.05, 3.63) is 48.3 Å². The molecule has 0 aromatic rings. The fourth-order valence-corrected chi connectivity index (χ4v) is 1.09. The summed E-state index contributed by atoms with van der Waals surface area (Å²) in [6.07, 6.45) is 5.77. The third kappa shape index (κ3) is 3.79.